The molecule has 0 aliphatic heterocycles. The van der Waals surface area contributed by atoms with E-state index in [1.807, 2.05) is 60.0 Å². The maximum Gasteiger partial charge on any atom is 0.340 e. The van der Waals surface area contributed by atoms with Crippen molar-refractivity contribution in [3.8, 4) is 34.0 Å². The van der Waals surface area contributed by atoms with Crippen LogP contribution in [0.25, 0.3) is 39.2 Å². The molecule has 164 valence electrons. The van der Waals surface area contributed by atoms with E-state index in [-0.39, 0.29) is 0 Å². The Kier molecular flexibility index (Phi) is 5.06. The van der Waals surface area contributed by atoms with Crippen molar-refractivity contribution in [2.75, 3.05) is 14.2 Å². The van der Waals surface area contributed by atoms with E-state index in [2.05, 4.69) is 25.6 Å². The summed E-state index contributed by atoms with van der Waals surface area (Å²) in [5, 5.41) is 14.3. The molecule has 0 amide bonds. The summed E-state index contributed by atoms with van der Waals surface area (Å²) < 4.78 is 12.7. The first-order valence-corrected chi connectivity index (χ1v) is 10.2. The maximum absolute atomic E-state index is 12.4. The quantitative estimate of drug-likeness (QED) is 0.412. The van der Waals surface area contributed by atoms with E-state index in [0.29, 0.717) is 28.2 Å². The molecule has 9 heteroatoms. The Bertz CT molecular complexity index is 1470. The molecule has 1 N–H and O–H groups in total. The van der Waals surface area contributed by atoms with E-state index >= 15 is 0 Å². The van der Waals surface area contributed by atoms with Crippen LogP contribution in [0.2, 0.25) is 0 Å². The number of esters is 1. The predicted molar refractivity (Wildman–Crippen MR) is 122 cm³/mol. The number of benzene rings is 3. The molecular formula is C24H20N6O3. The van der Waals surface area contributed by atoms with Crippen molar-refractivity contribution in [1.82, 2.24) is 30.2 Å². The number of fused-ring (bicyclic) bond motifs is 1. The number of para-hydroxylation sites is 1. The monoisotopic (exact) mass is 440 g/mol. The lowest BCUT2D eigenvalue weighted by Gasteiger charge is -2.15. The van der Waals surface area contributed by atoms with E-state index in [4.69, 9.17) is 9.47 Å². The van der Waals surface area contributed by atoms with Crippen LogP contribution in [0.3, 0.4) is 0 Å². The molecular weight excluding hydrogens is 420 g/mol. The zero-order valence-corrected chi connectivity index (χ0v) is 18.2. The first-order valence-electron chi connectivity index (χ1n) is 10.2. The van der Waals surface area contributed by atoms with E-state index in [9.17, 15) is 4.79 Å². The smallest absolute Gasteiger partial charge is 0.340 e. The lowest BCUT2D eigenvalue weighted by Crippen LogP contribution is -2.06. The zero-order chi connectivity index (χ0) is 22.9. The highest BCUT2D eigenvalue weighted by molar-refractivity contribution is 6.03. The fraction of sp³-hybridized carbons (Fsp3) is 0.125. The number of nitrogens with one attached hydrogen (secondary N) is 1. The zero-order valence-electron chi connectivity index (χ0n) is 18.2. The van der Waals surface area contributed by atoms with E-state index in [1.54, 1.807) is 19.2 Å². The summed E-state index contributed by atoms with van der Waals surface area (Å²) in [5.41, 5.74) is 5.30. The molecule has 3 aromatic carbocycles. The van der Waals surface area contributed by atoms with Crippen LogP contribution in [-0.2, 0) is 4.74 Å². The number of imidazole rings is 1. The van der Waals surface area contributed by atoms with Crippen LogP contribution in [0.4, 0.5) is 0 Å². The number of aromatic amines is 1. The Labute approximate surface area is 189 Å². The topological polar surface area (TPSA) is 108 Å². The van der Waals surface area contributed by atoms with Gasteiger partial charge in [0.1, 0.15) is 11.6 Å². The van der Waals surface area contributed by atoms with Gasteiger partial charge >= 0.3 is 5.97 Å². The average molecular weight is 440 g/mol. The van der Waals surface area contributed by atoms with Gasteiger partial charge in [-0.05, 0) is 47.2 Å². The summed E-state index contributed by atoms with van der Waals surface area (Å²) in [5.74, 6) is 1.55. The minimum Gasteiger partial charge on any atom is -0.496 e. The fourth-order valence-electron chi connectivity index (χ4n) is 4.07. The number of hydrogen-bond acceptors (Lipinski definition) is 7. The van der Waals surface area contributed by atoms with Crippen molar-refractivity contribution in [1.29, 1.82) is 0 Å². The number of tetrazole rings is 1. The average Bonchev–Trinajstić information content (AvgIpc) is 3.50. The number of carbonyl (C=O) groups is 1. The molecule has 0 saturated carbocycles. The number of H-pyrrole nitrogens is 1. The van der Waals surface area contributed by atoms with E-state index < -0.39 is 5.97 Å². The van der Waals surface area contributed by atoms with Gasteiger partial charge in [0.25, 0.3) is 0 Å². The molecule has 0 saturated heterocycles. The number of rotatable bonds is 5. The van der Waals surface area contributed by atoms with Crippen LogP contribution in [-0.4, -0.2) is 50.4 Å². The van der Waals surface area contributed by atoms with Crippen molar-refractivity contribution in [2.45, 2.75) is 6.92 Å². The third-order valence-corrected chi connectivity index (χ3v) is 5.51. The molecule has 2 aromatic heterocycles. The van der Waals surface area contributed by atoms with Crippen LogP contribution in [0, 0.1) is 6.92 Å². The normalized spacial score (nSPS) is 11.0. The fourth-order valence-corrected chi connectivity index (χ4v) is 4.07. The second-order valence-corrected chi connectivity index (χ2v) is 7.34. The summed E-state index contributed by atoms with van der Waals surface area (Å²) in [6.07, 6.45) is 0. The van der Waals surface area contributed by atoms with Crippen LogP contribution < -0.4 is 4.74 Å². The number of aryl methyl sites for hydroxylation is 1. The van der Waals surface area contributed by atoms with Gasteiger partial charge in [-0.3, -0.25) is 4.57 Å². The molecule has 0 atom stereocenters. The van der Waals surface area contributed by atoms with Crippen molar-refractivity contribution < 1.29 is 14.3 Å². The van der Waals surface area contributed by atoms with Crippen molar-refractivity contribution in [2.24, 2.45) is 0 Å². The number of hydrogen-bond donors (Lipinski definition) is 1. The van der Waals surface area contributed by atoms with E-state index in [0.717, 1.165) is 28.2 Å². The Morgan fingerprint density at radius 3 is 2.52 bits per heavy atom. The highest BCUT2D eigenvalue weighted by Crippen LogP contribution is 2.38. The number of methoxy groups -OCH3 is 2. The molecule has 0 bridgehead atoms. The molecule has 0 spiro atoms. The van der Waals surface area contributed by atoms with Gasteiger partial charge < -0.3 is 9.47 Å². The molecule has 33 heavy (non-hydrogen) atoms. The molecule has 0 fully saturated rings. The van der Waals surface area contributed by atoms with Crippen molar-refractivity contribution >= 4 is 17.0 Å². The number of carbonyl (C=O) groups excluding carboxylic acids is 1. The molecule has 5 rings (SSSR count). The lowest BCUT2D eigenvalue weighted by molar-refractivity contribution is 0.0602. The summed E-state index contributed by atoms with van der Waals surface area (Å²) in [6.45, 7) is 1.90. The first kappa shape index (κ1) is 20.4. The van der Waals surface area contributed by atoms with Gasteiger partial charge in [0.15, 0.2) is 5.82 Å². The maximum atomic E-state index is 12.4. The molecule has 0 unspecified atom stereocenters. The Hall–Kier alpha value is -4.53. The van der Waals surface area contributed by atoms with Crippen LogP contribution >= 0.6 is 0 Å². The SMILES string of the molecule is COC(=O)c1cccc2nc(C)n(-c3ccc(-c4ccccc4-c4nnn[nH]4)c(OC)c3)c12. The summed E-state index contributed by atoms with van der Waals surface area (Å²) >= 11 is 0. The van der Waals surface area contributed by atoms with Crippen LogP contribution in [0.5, 0.6) is 5.75 Å². The van der Waals surface area contributed by atoms with E-state index in [1.165, 1.54) is 7.11 Å². The molecule has 9 nitrogen and oxygen atoms in total. The van der Waals surface area contributed by atoms with Crippen molar-refractivity contribution in [3.05, 3.63) is 72.1 Å². The van der Waals surface area contributed by atoms with Gasteiger partial charge in [-0.25, -0.2) is 14.9 Å². The van der Waals surface area contributed by atoms with Gasteiger partial charge in [-0.15, -0.1) is 5.10 Å². The standard InChI is InChI=1S/C24H20N6O3/c1-14-25-20-10-6-9-19(24(31)33-3)22(20)30(14)15-11-12-17(21(13-15)32-2)16-7-4-5-8-18(16)23-26-28-29-27-23/h4-13H,1-3H3,(H,26,27,28,29). The summed E-state index contributed by atoms with van der Waals surface area (Å²) in [4.78, 5) is 17.1. The van der Waals surface area contributed by atoms with Gasteiger partial charge in [0, 0.05) is 17.2 Å². The molecule has 2 heterocycles. The second-order valence-electron chi connectivity index (χ2n) is 7.34. The molecule has 0 aliphatic carbocycles. The number of ether oxygens (including phenoxy) is 2. The Morgan fingerprint density at radius 2 is 1.79 bits per heavy atom. The largest absolute Gasteiger partial charge is 0.496 e. The van der Waals surface area contributed by atoms with Gasteiger partial charge in [-0.2, -0.15) is 0 Å². The molecule has 5 aromatic rings. The highest BCUT2D eigenvalue weighted by Gasteiger charge is 2.20. The summed E-state index contributed by atoms with van der Waals surface area (Å²) in [6, 6.07) is 19.1. The number of aromatic nitrogens is 6. The van der Waals surface area contributed by atoms with Gasteiger partial charge in [0.05, 0.1) is 36.5 Å². The molecule has 0 aliphatic rings. The third kappa shape index (κ3) is 3.39. The van der Waals surface area contributed by atoms with Gasteiger partial charge in [0.2, 0.25) is 0 Å². The Balaban J connectivity index is 1.70. The number of nitrogens with zero attached hydrogens (tertiary/aromatic N) is 5. The first-order chi connectivity index (χ1) is 16.1. The van der Waals surface area contributed by atoms with Crippen LogP contribution in [0.1, 0.15) is 16.2 Å². The van der Waals surface area contributed by atoms with Crippen molar-refractivity contribution in [3.63, 3.8) is 0 Å². The molecule has 0 radical (unpaired) electrons. The second kappa shape index (κ2) is 8.19. The lowest BCUT2D eigenvalue weighted by atomic mass is 9.98. The predicted octanol–water partition coefficient (Wildman–Crippen LogP) is 3.98. The minimum absolute atomic E-state index is 0.417. The van der Waals surface area contributed by atoms with Crippen LogP contribution in [0.15, 0.2) is 60.7 Å². The highest BCUT2D eigenvalue weighted by atomic mass is 16.5. The Morgan fingerprint density at radius 1 is 0.970 bits per heavy atom. The third-order valence-electron chi connectivity index (χ3n) is 5.51. The van der Waals surface area contributed by atoms with Gasteiger partial charge in [-0.1, -0.05) is 30.3 Å². The summed E-state index contributed by atoms with van der Waals surface area (Å²) in [7, 11) is 2.99. The minimum atomic E-state index is -0.417.